The molecular weight excluding hydrogens is 229 g/mol. The molecule has 0 aliphatic heterocycles. The van der Waals surface area contributed by atoms with Gasteiger partial charge in [0, 0.05) is 6.20 Å². The summed E-state index contributed by atoms with van der Waals surface area (Å²) in [5.41, 5.74) is 1.76. The van der Waals surface area contributed by atoms with Crippen molar-refractivity contribution in [3.05, 3.63) is 40.6 Å². The van der Waals surface area contributed by atoms with Crippen LogP contribution in [0.15, 0.2) is 18.3 Å². The summed E-state index contributed by atoms with van der Waals surface area (Å²) in [5.74, 6) is -0.235. The zero-order valence-electron chi connectivity index (χ0n) is 8.83. The van der Waals surface area contributed by atoms with Gasteiger partial charge in [0.25, 0.3) is 0 Å². The third-order valence-corrected chi connectivity index (χ3v) is 2.45. The number of aryl methyl sites for hydroxylation is 2. The normalized spacial score (nSPS) is 10.5. The Labute approximate surface area is 97.3 Å². The molecule has 0 radical (unpaired) electrons. The van der Waals surface area contributed by atoms with E-state index in [0.717, 1.165) is 5.56 Å². The monoisotopic (exact) mass is 237 g/mol. The number of nitrogens with zero attached hydrogens (tertiary/aromatic N) is 3. The maximum Gasteiger partial charge on any atom is 0.181 e. The van der Waals surface area contributed by atoms with Gasteiger partial charge in [0.1, 0.15) is 5.69 Å². The summed E-state index contributed by atoms with van der Waals surface area (Å²) in [6.45, 7) is 3.43. The van der Waals surface area contributed by atoms with E-state index >= 15 is 0 Å². The molecule has 2 aromatic rings. The summed E-state index contributed by atoms with van der Waals surface area (Å²) in [5, 5.41) is -0.174. The highest BCUT2D eigenvalue weighted by Crippen LogP contribution is 2.21. The average Bonchev–Trinajstić information content (AvgIpc) is 2.26. The summed E-state index contributed by atoms with van der Waals surface area (Å²) in [7, 11) is 0. The molecule has 0 unspecified atom stereocenters. The fraction of sp³-hybridized carbons (Fsp3) is 0.182. The first-order valence-corrected chi connectivity index (χ1v) is 5.09. The van der Waals surface area contributed by atoms with E-state index in [1.54, 1.807) is 13.1 Å². The van der Waals surface area contributed by atoms with Crippen molar-refractivity contribution in [2.24, 2.45) is 0 Å². The van der Waals surface area contributed by atoms with Crippen LogP contribution in [-0.2, 0) is 0 Å². The second-order valence-corrected chi connectivity index (χ2v) is 3.76. The number of hydrogen-bond donors (Lipinski definition) is 0. The van der Waals surface area contributed by atoms with Gasteiger partial charge in [0.15, 0.2) is 16.8 Å². The van der Waals surface area contributed by atoms with Crippen LogP contribution < -0.4 is 0 Å². The second-order valence-electron chi connectivity index (χ2n) is 3.41. The molecule has 0 fully saturated rings. The molecule has 5 heteroatoms. The molecule has 82 valence electrons. The van der Waals surface area contributed by atoms with Crippen molar-refractivity contribution >= 4 is 11.6 Å². The van der Waals surface area contributed by atoms with Gasteiger partial charge in [-0.1, -0.05) is 17.7 Å². The van der Waals surface area contributed by atoms with E-state index in [1.807, 2.05) is 19.1 Å². The molecule has 3 nitrogen and oxygen atoms in total. The SMILES string of the molecule is Cc1cccnc1-c1nc(C)c(F)c(Cl)n1. The first-order valence-electron chi connectivity index (χ1n) is 4.71. The Hall–Kier alpha value is -1.55. The number of aromatic nitrogens is 3. The molecule has 0 saturated carbocycles. The molecule has 0 spiro atoms. The topological polar surface area (TPSA) is 38.7 Å². The second kappa shape index (κ2) is 4.14. The van der Waals surface area contributed by atoms with Crippen molar-refractivity contribution in [3.63, 3.8) is 0 Å². The molecule has 0 N–H and O–H groups in total. The zero-order valence-corrected chi connectivity index (χ0v) is 9.59. The summed E-state index contributed by atoms with van der Waals surface area (Å²) in [6.07, 6.45) is 1.64. The highest BCUT2D eigenvalue weighted by Gasteiger charge is 2.12. The summed E-state index contributed by atoms with van der Waals surface area (Å²) < 4.78 is 13.2. The van der Waals surface area contributed by atoms with Crippen LogP contribution in [0.4, 0.5) is 4.39 Å². The standard InChI is InChI=1S/C11H9ClFN3/c1-6-4-3-5-14-9(6)11-15-7(2)8(13)10(12)16-11/h3-5H,1-2H3. The maximum atomic E-state index is 13.2. The molecule has 16 heavy (non-hydrogen) atoms. The van der Waals surface area contributed by atoms with Crippen LogP contribution in [0.3, 0.4) is 0 Å². The number of hydrogen-bond acceptors (Lipinski definition) is 3. The van der Waals surface area contributed by atoms with E-state index in [0.29, 0.717) is 11.5 Å². The first kappa shape index (κ1) is 11.0. The van der Waals surface area contributed by atoms with E-state index in [9.17, 15) is 4.39 Å². The molecule has 0 atom stereocenters. The van der Waals surface area contributed by atoms with E-state index in [1.165, 1.54) is 0 Å². The van der Waals surface area contributed by atoms with Gasteiger partial charge in [-0.3, -0.25) is 4.98 Å². The van der Waals surface area contributed by atoms with Crippen molar-refractivity contribution in [2.45, 2.75) is 13.8 Å². The summed E-state index contributed by atoms with van der Waals surface area (Å²) in [4.78, 5) is 12.1. The summed E-state index contributed by atoms with van der Waals surface area (Å²) in [6, 6.07) is 3.70. The number of rotatable bonds is 1. The van der Waals surface area contributed by atoms with E-state index in [4.69, 9.17) is 11.6 Å². The van der Waals surface area contributed by atoms with Crippen LogP contribution >= 0.6 is 11.6 Å². The Balaban J connectivity index is 2.62. The quantitative estimate of drug-likeness (QED) is 0.716. The molecular formula is C11H9ClFN3. The van der Waals surface area contributed by atoms with Gasteiger partial charge in [0.05, 0.1) is 5.69 Å². The molecule has 0 aliphatic carbocycles. The van der Waals surface area contributed by atoms with Gasteiger partial charge in [-0.2, -0.15) is 0 Å². The van der Waals surface area contributed by atoms with Gasteiger partial charge in [-0.15, -0.1) is 0 Å². The smallest absolute Gasteiger partial charge is 0.181 e. The third kappa shape index (κ3) is 1.88. The lowest BCUT2D eigenvalue weighted by Crippen LogP contribution is -1.99. The largest absolute Gasteiger partial charge is 0.253 e. The van der Waals surface area contributed by atoms with Gasteiger partial charge < -0.3 is 0 Å². The minimum absolute atomic E-state index is 0.174. The Bertz CT molecular complexity index is 519. The van der Waals surface area contributed by atoms with E-state index in [2.05, 4.69) is 15.0 Å². The van der Waals surface area contributed by atoms with Gasteiger partial charge in [-0.05, 0) is 25.5 Å². The predicted octanol–water partition coefficient (Wildman–Crippen LogP) is 2.95. The highest BCUT2D eigenvalue weighted by atomic mass is 35.5. The minimum Gasteiger partial charge on any atom is -0.253 e. The van der Waals surface area contributed by atoms with Crippen LogP contribution in [0.25, 0.3) is 11.5 Å². The number of pyridine rings is 1. The van der Waals surface area contributed by atoms with Gasteiger partial charge in [-0.25, -0.2) is 14.4 Å². The minimum atomic E-state index is -0.584. The van der Waals surface area contributed by atoms with Crippen LogP contribution in [0.1, 0.15) is 11.3 Å². The van der Waals surface area contributed by atoms with Crippen LogP contribution in [-0.4, -0.2) is 15.0 Å². The lowest BCUT2D eigenvalue weighted by molar-refractivity contribution is 0.603. The van der Waals surface area contributed by atoms with Crippen molar-refractivity contribution < 1.29 is 4.39 Å². The molecule has 2 heterocycles. The Morgan fingerprint density at radius 3 is 2.62 bits per heavy atom. The van der Waals surface area contributed by atoms with E-state index < -0.39 is 5.82 Å². The maximum absolute atomic E-state index is 13.2. The van der Waals surface area contributed by atoms with Crippen molar-refractivity contribution in [2.75, 3.05) is 0 Å². The van der Waals surface area contributed by atoms with Crippen molar-refractivity contribution in [3.8, 4) is 11.5 Å². The fourth-order valence-corrected chi connectivity index (χ4v) is 1.57. The lowest BCUT2D eigenvalue weighted by atomic mass is 10.2. The molecule has 0 aliphatic rings. The van der Waals surface area contributed by atoms with Crippen molar-refractivity contribution in [1.29, 1.82) is 0 Å². The van der Waals surface area contributed by atoms with Gasteiger partial charge >= 0.3 is 0 Å². The Morgan fingerprint density at radius 2 is 2.00 bits per heavy atom. The fourth-order valence-electron chi connectivity index (χ4n) is 1.35. The molecule has 0 saturated heterocycles. The Kier molecular flexibility index (Phi) is 2.83. The lowest BCUT2D eigenvalue weighted by Gasteiger charge is -2.05. The molecule has 2 aromatic heterocycles. The predicted molar refractivity (Wildman–Crippen MR) is 59.7 cm³/mol. The zero-order chi connectivity index (χ0) is 11.7. The molecule has 0 bridgehead atoms. The summed E-state index contributed by atoms with van der Waals surface area (Å²) >= 11 is 5.67. The van der Waals surface area contributed by atoms with Crippen LogP contribution in [0.2, 0.25) is 5.15 Å². The average molecular weight is 238 g/mol. The van der Waals surface area contributed by atoms with Crippen LogP contribution in [0.5, 0.6) is 0 Å². The number of halogens is 2. The molecule has 0 aromatic carbocycles. The van der Waals surface area contributed by atoms with Crippen molar-refractivity contribution in [1.82, 2.24) is 15.0 Å². The Morgan fingerprint density at radius 1 is 1.25 bits per heavy atom. The molecule has 0 amide bonds. The molecule has 2 rings (SSSR count). The first-order chi connectivity index (χ1) is 7.59. The van der Waals surface area contributed by atoms with Gasteiger partial charge in [0.2, 0.25) is 0 Å². The highest BCUT2D eigenvalue weighted by molar-refractivity contribution is 6.29. The van der Waals surface area contributed by atoms with E-state index in [-0.39, 0.29) is 10.8 Å². The van der Waals surface area contributed by atoms with Crippen LogP contribution in [0, 0.1) is 19.7 Å². The third-order valence-electron chi connectivity index (χ3n) is 2.20.